The highest BCUT2D eigenvalue weighted by Crippen LogP contribution is 2.44. The molecule has 1 aromatic heterocycles. The van der Waals surface area contributed by atoms with Gasteiger partial charge in [0.15, 0.2) is 0 Å². The van der Waals surface area contributed by atoms with Crippen molar-refractivity contribution in [1.82, 2.24) is 4.90 Å². The van der Waals surface area contributed by atoms with Crippen LogP contribution in [0.1, 0.15) is 41.1 Å². The van der Waals surface area contributed by atoms with Crippen molar-refractivity contribution in [2.24, 2.45) is 11.8 Å². The molecule has 4 heteroatoms. The molecular formula is C20H23NO2S. The lowest BCUT2D eigenvalue weighted by atomic mass is 9.92. The van der Waals surface area contributed by atoms with Gasteiger partial charge >= 0.3 is 0 Å². The molecule has 1 aromatic carbocycles. The number of ether oxygens (including phenoxy) is 1. The summed E-state index contributed by atoms with van der Waals surface area (Å²) in [6, 6.07) is 8.18. The zero-order valence-electron chi connectivity index (χ0n) is 14.5. The smallest absolute Gasteiger partial charge is 0.263 e. The number of carbonyl (C=O) groups is 1. The Kier molecular flexibility index (Phi) is 3.87. The number of fused-ring (bicyclic) bond motifs is 3. The largest absolute Gasteiger partial charge is 0.488 e. The van der Waals surface area contributed by atoms with Gasteiger partial charge in [-0.3, -0.25) is 4.79 Å². The number of benzene rings is 1. The third kappa shape index (κ3) is 2.63. The highest BCUT2D eigenvalue weighted by molar-refractivity contribution is 7.17. The summed E-state index contributed by atoms with van der Waals surface area (Å²) >= 11 is 1.63. The fraction of sp³-hybridized carbons (Fsp3) is 0.450. The number of rotatable bonds is 1. The summed E-state index contributed by atoms with van der Waals surface area (Å²) < 4.78 is 5.89. The molecule has 3 nitrogen and oxygen atoms in total. The first-order valence-electron chi connectivity index (χ1n) is 8.67. The number of piperidine rings is 1. The van der Waals surface area contributed by atoms with E-state index in [9.17, 15) is 4.79 Å². The van der Waals surface area contributed by atoms with Crippen molar-refractivity contribution in [2.45, 2.75) is 33.8 Å². The van der Waals surface area contributed by atoms with Crippen molar-refractivity contribution in [2.75, 3.05) is 13.1 Å². The first kappa shape index (κ1) is 15.7. The van der Waals surface area contributed by atoms with Crippen LogP contribution in [-0.2, 0) is 6.61 Å². The summed E-state index contributed by atoms with van der Waals surface area (Å²) in [6.45, 7) is 8.89. The number of hydrogen-bond donors (Lipinski definition) is 0. The van der Waals surface area contributed by atoms with Crippen LogP contribution in [0.4, 0.5) is 0 Å². The number of nitrogens with zero attached hydrogens (tertiary/aromatic N) is 1. The monoisotopic (exact) mass is 341 g/mol. The van der Waals surface area contributed by atoms with Gasteiger partial charge < -0.3 is 9.64 Å². The van der Waals surface area contributed by atoms with Crippen LogP contribution >= 0.6 is 11.3 Å². The SMILES string of the molecule is Cc1cccc2c1-c1sc(C(=O)N3C[C@H](C)C[C@@H](C)C3)cc1CO2. The zero-order chi connectivity index (χ0) is 16.8. The summed E-state index contributed by atoms with van der Waals surface area (Å²) in [6.07, 6.45) is 1.21. The van der Waals surface area contributed by atoms with E-state index in [0.717, 1.165) is 34.8 Å². The summed E-state index contributed by atoms with van der Waals surface area (Å²) in [7, 11) is 0. The highest BCUT2D eigenvalue weighted by Gasteiger charge is 2.29. The van der Waals surface area contributed by atoms with Crippen molar-refractivity contribution >= 4 is 17.2 Å². The first-order valence-corrected chi connectivity index (χ1v) is 9.49. The molecule has 0 saturated carbocycles. The van der Waals surface area contributed by atoms with E-state index in [0.29, 0.717) is 18.4 Å². The Labute approximate surface area is 147 Å². The summed E-state index contributed by atoms with van der Waals surface area (Å²) in [4.78, 5) is 17.1. The lowest BCUT2D eigenvalue weighted by Crippen LogP contribution is -2.42. The van der Waals surface area contributed by atoms with Gasteiger partial charge in [0, 0.05) is 29.1 Å². The molecule has 0 aliphatic carbocycles. The Balaban J connectivity index is 1.68. The van der Waals surface area contributed by atoms with Gasteiger partial charge in [0.1, 0.15) is 12.4 Å². The van der Waals surface area contributed by atoms with Crippen LogP contribution < -0.4 is 4.74 Å². The molecular weight excluding hydrogens is 318 g/mol. The Bertz CT molecular complexity index is 785. The standard InChI is InChI=1S/C20H23NO2S/c1-12-7-13(2)10-21(9-12)20(22)17-8-15-11-23-16-6-4-5-14(3)18(16)19(15)24-17/h4-6,8,12-13H,7,9-11H2,1-3H3/t12-,13-/m1/s1. The van der Waals surface area contributed by atoms with E-state index in [4.69, 9.17) is 4.74 Å². The van der Waals surface area contributed by atoms with E-state index in [2.05, 4.69) is 26.8 Å². The van der Waals surface area contributed by atoms with Gasteiger partial charge in [-0.2, -0.15) is 0 Å². The molecule has 2 aliphatic heterocycles. The van der Waals surface area contributed by atoms with Gasteiger partial charge in [0.05, 0.1) is 4.88 Å². The summed E-state index contributed by atoms with van der Waals surface area (Å²) in [5, 5.41) is 0. The van der Waals surface area contributed by atoms with Gasteiger partial charge in [-0.1, -0.05) is 26.0 Å². The van der Waals surface area contributed by atoms with E-state index >= 15 is 0 Å². The second-order valence-electron chi connectivity index (χ2n) is 7.36. The molecule has 0 spiro atoms. The lowest BCUT2D eigenvalue weighted by Gasteiger charge is -2.34. The van der Waals surface area contributed by atoms with E-state index in [1.807, 2.05) is 23.1 Å². The van der Waals surface area contributed by atoms with Gasteiger partial charge in [-0.15, -0.1) is 11.3 Å². The molecule has 0 bridgehead atoms. The fourth-order valence-corrected chi connectivity index (χ4v) is 5.30. The number of amides is 1. The molecule has 2 atom stereocenters. The zero-order valence-corrected chi connectivity index (χ0v) is 15.3. The minimum Gasteiger partial charge on any atom is -0.488 e. The molecule has 0 radical (unpaired) electrons. The van der Waals surface area contributed by atoms with Crippen LogP contribution in [0, 0.1) is 18.8 Å². The Morgan fingerprint density at radius 1 is 1.25 bits per heavy atom. The van der Waals surface area contributed by atoms with Crippen LogP contribution in [0.15, 0.2) is 24.3 Å². The molecule has 126 valence electrons. The van der Waals surface area contributed by atoms with Crippen LogP contribution in [0.5, 0.6) is 5.75 Å². The Hall–Kier alpha value is -1.81. The predicted octanol–water partition coefficient (Wildman–Crippen LogP) is 4.73. The van der Waals surface area contributed by atoms with Gasteiger partial charge in [0.25, 0.3) is 5.91 Å². The molecule has 3 heterocycles. The second-order valence-corrected chi connectivity index (χ2v) is 8.41. The van der Waals surface area contributed by atoms with Gasteiger partial charge in [-0.05, 0) is 42.9 Å². The van der Waals surface area contributed by atoms with Crippen molar-refractivity contribution < 1.29 is 9.53 Å². The van der Waals surface area contributed by atoms with E-state index in [1.54, 1.807) is 11.3 Å². The minimum absolute atomic E-state index is 0.183. The molecule has 0 N–H and O–H groups in total. The van der Waals surface area contributed by atoms with Crippen molar-refractivity contribution in [1.29, 1.82) is 0 Å². The van der Waals surface area contributed by atoms with Gasteiger partial charge in [0.2, 0.25) is 0 Å². The number of aryl methyl sites for hydroxylation is 1. The minimum atomic E-state index is 0.183. The van der Waals surface area contributed by atoms with Crippen LogP contribution in [0.3, 0.4) is 0 Å². The van der Waals surface area contributed by atoms with Crippen LogP contribution in [-0.4, -0.2) is 23.9 Å². The normalized spacial score (nSPS) is 22.5. The van der Waals surface area contributed by atoms with Crippen LogP contribution in [0.25, 0.3) is 10.4 Å². The predicted molar refractivity (Wildman–Crippen MR) is 97.7 cm³/mol. The van der Waals surface area contributed by atoms with E-state index in [-0.39, 0.29) is 5.91 Å². The average Bonchev–Trinajstić information content (AvgIpc) is 2.97. The number of likely N-dealkylation sites (tertiary alicyclic amines) is 1. The van der Waals surface area contributed by atoms with Crippen molar-refractivity contribution in [3.8, 4) is 16.2 Å². The highest BCUT2D eigenvalue weighted by atomic mass is 32.1. The summed E-state index contributed by atoms with van der Waals surface area (Å²) in [5.74, 6) is 2.28. The molecule has 24 heavy (non-hydrogen) atoms. The quantitative estimate of drug-likeness (QED) is 0.750. The maximum absolute atomic E-state index is 13.0. The molecule has 2 aliphatic rings. The topological polar surface area (TPSA) is 29.5 Å². The number of carbonyl (C=O) groups excluding carboxylic acids is 1. The molecule has 4 rings (SSSR count). The third-order valence-electron chi connectivity index (χ3n) is 5.02. The second kappa shape index (κ2) is 5.92. The fourth-order valence-electron chi connectivity index (χ4n) is 4.05. The maximum Gasteiger partial charge on any atom is 0.263 e. The van der Waals surface area contributed by atoms with E-state index < -0.39 is 0 Å². The van der Waals surface area contributed by atoms with E-state index in [1.165, 1.54) is 16.9 Å². The summed E-state index contributed by atoms with van der Waals surface area (Å²) in [5.41, 5.74) is 3.50. The Morgan fingerprint density at radius 2 is 2.00 bits per heavy atom. The van der Waals surface area contributed by atoms with Crippen LogP contribution in [0.2, 0.25) is 0 Å². The third-order valence-corrected chi connectivity index (χ3v) is 6.20. The number of thiophene rings is 1. The molecule has 0 unspecified atom stereocenters. The molecule has 1 fully saturated rings. The van der Waals surface area contributed by atoms with Gasteiger partial charge in [-0.25, -0.2) is 0 Å². The maximum atomic E-state index is 13.0. The lowest BCUT2D eigenvalue weighted by molar-refractivity contribution is 0.0628. The molecule has 2 aromatic rings. The molecule has 1 amide bonds. The number of hydrogen-bond acceptors (Lipinski definition) is 3. The van der Waals surface area contributed by atoms with Crippen molar-refractivity contribution in [3.05, 3.63) is 40.3 Å². The average molecular weight is 341 g/mol. The molecule has 1 saturated heterocycles. The first-order chi connectivity index (χ1) is 11.5. The van der Waals surface area contributed by atoms with Crippen molar-refractivity contribution in [3.63, 3.8) is 0 Å². The Morgan fingerprint density at radius 3 is 2.75 bits per heavy atom.